The molecule has 2 atom stereocenters. The molecule has 0 saturated carbocycles. The Labute approximate surface area is 132 Å². The summed E-state index contributed by atoms with van der Waals surface area (Å²) < 4.78 is 11.7. The van der Waals surface area contributed by atoms with E-state index in [0.717, 1.165) is 5.56 Å². The van der Waals surface area contributed by atoms with E-state index in [4.69, 9.17) is 0 Å². The highest BCUT2D eigenvalue weighted by Crippen LogP contribution is 2.22. The fourth-order valence-electron chi connectivity index (χ4n) is 2.07. The number of carbonyl (C=O) groups is 1. The number of carbonyl (C=O) groups excluding carboxylic acids is 1. The first kappa shape index (κ1) is 16.2. The van der Waals surface area contributed by atoms with Crippen LogP contribution in [0.3, 0.4) is 0 Å². The van der Waals surface area contributed by atoms with Gasteiger partial charge in [0.25, 0.3) is 0 Å². The zero-order valence-corrected chi connectivity index (χ0v) is 13.6. The molecule has 1 N–H and O–H groups in total. The number of anilines is 1. The van der Waals surface area contributed by atoms with E-state index in [-0.39, 0.29) is 12.1 Å². The van der Waals surface area contributed by atoms with Gasteiger partial charge in [0, 0.05) is 25.7 Å². The van der Waals surface area contributed by atoms with Gasteiger partial charge in [-0.2, -0.15) is 0 Å². The largest absolute Gasteiger partial charge is 0.322 e. The quantitative estimate of drug-likeness (QED) is 0.943. The second kappa shape index (κ2) is 7.17. The average molecular weight is 317 g/mol. The van der Waals surface area contributed by atoms with Crippen LogP contribution < -0.4 is 5.32 Å². The van der Waals surface area contributed by atoms with Crippen LogP contribution >= 0.6 is 0 Å². The van der Waals surface area contributed by atoms with Gasteiger partial charge in [0.2, 0.25) is 0 Å². The molecule has 0 aliphatic rings. The SMILES string of the molecule is C[C@H](c1ccncc1)N(C)C(=O)Nc1ccccc1[S@@](C)=O. The van der Waals surface area contributed by atoms with Gasteiger partial charge in [-0.1, -0.05) is 12.1 Å². The maximum absolute atomic E-state index is 12.4. The lowest BCUT2D eigenvalue weighted by atomic mass is 10.1. The molecule has 1 heterocycles. The van der Waals surface area contributed by atoms with E-state index in [1.807, 2.05) is 19.1 Å². The molecule has 2 rings (SSSR count). The number of benzene rings is 1. The van der Waals surface area contributed by atoms with Gasteiger partial charge in [0.1, 0.15) is 0 Å². The molecule has 0 saturated heterocycles. The number of amides is 2. The Morgan fingerprint density at radius 2 is 1.86 bits per heavy atom. The number of rotatable bonds is 4. The maximum atomic E-state index is 12.4. The van der Waals surface area contributed by atoms with Gasteiger partial charge < -0.3 is 10.2 Å². The number of nitrogens with one attached hydrogen (secondary N) is 1. The van der Waals surface area contributed by atoms with Crippen molar-refractivity contribution in [3.63, 3.8) is 0 Å². The smallest absolute Gasteiger partial charge is 0.321 e. The minimum atomic E-state index is -1.16. The van der Waals surface area contributed by atoms with Crippen molar-refractivity contribution in [3.8, 4) is 0 Å². The molecule has 1 aromatic heterocycles. The van der Waals surface area contributed by atoms with Crippen LogP contribution in [0.25, 0.3) is 0 Å². The molecule has 0 aliphatic carbocycles. The molecule has 0 fully saturated rings. The third-order valence-electron chi connectivity index (χ3n) is 3.53. The molecule has 2 aromatic rings. The monoisotopic (exact) mass is 317 g/mol. The third-order valence-corrected chi connectivity index (χ3v) is 4.50. The Kier molecular flexibility index (Phi) is 5.27. The standard InChI is InChI=1S/C16H19N3O2S/c1-12(13-8-10-17-11-9-13)19(2)16(20)18-14-6-4-5-7-15(14)22(3)21/h4-12H,1-3H3,(H,18,20)/t12-,22-/m1/s1. The molecule has 116 valence electrons. The van der Waals surface area contributed by atoms with E-state index in [0.29, 0.717) is 10.6 Å². The van der Waals surface area contributed by atoms with Crippen LogP contribution in [-0.4, -0.2) is 33.4 Å². The molecular weight excluding hydrogens is 298 g/mol. The van der Waals surface area contributed by atoms with E-state index in [1.165, 1.54) is 0 Å². The molecule has 0 radical (unpaired) electrons. The molecule has 5 nitrogen and oxygen atoms in total. The van der Waals surface area contributed by atoms with E-state index >= 15 is 0 Å². The summed E-state index contributed by atoms with van der Waals surface area (Å²) in [4.78, 5) is 18.6. The lowest BCUT2D eigenvalue weighted by Gasteiger charge is -2.25. The molecule has 0 spiro atoms. The van der Waals surface area contributed by atoms with Gasteiger partial charge >= 0.3 is 6.03 Å². The second-order valence-corrected chi connectivity index (χ2v) is 6.30. The van der Waals surface area contributed by atoms with Crippen molar-refractivity contribution in [2.45, 2.75) is 17.9 Å². The number of urea groups is 1. The lowest BCUT2D eigenvalue weighted by Crippen LogP contribution is -2.33. The summed E-state index contributed by atoms with van der Waals surface area (Å²) in [5, 5.41) is 2.82. The van der Waals surface area contributed by atoms with Crippen LogP contribution in [0.15, 0.2) is 53.7 Å². The Morgan fingerprint density at radius 3 is 2.50 bits per heavy atom. The topological polar surface area (TPSA) is 62.3 Å². The number of nitrogens with zero attached hydrogens (tertiary/aromatic N) is 2. The van der Waals surface area contributed by atoms with Crippen molar-refractivity contribution in [1.29, 1.82) is 0 Å². The van der Waals surface area contributed by atoms with Gasteiger partial charge in [-0.05, 0) is 36.8 Å². The predicted molar refractivity (Wildman–Crippen MR) is 88.2 cm³/mol. The van der Waals surface area contributed by atoms with Crippen molar-refractivity contribution in [2.75, 3.05) is 18.6 Å². The van der Waals surface area contributed by atoms with Gasteiger partial charge in [-0.25, -0.2) is 4.79 Å². The van der Waals surface area contributed by atoms with Crippen molar-refractivity contribution in [1.82, 2.24) is 9.88 Å². The minimum Gasteiger partial charge on any atom is -0.321 e. The van der Waals surface area contributed by atoms with Crippen LogP contribution in [0.2, 0.25) is 0 Å². The number of hydrogen-bond donors (Lipinski definition) is 1. The highest BCUT2D eigenvalue weighted by atomic mass is 32.2. The minimum absolute atomic E-state index is 0.0951. The number of pyridine rings is 1. The lowest BCUT2D eigenvalue weighted by molar-refractivity contribution is 0.208. The fraction of sp³-hybridized carbons (Fsp3) is 0.250. The fourth-order valence-corrected chi connectivity index (χ4v) is 2.76. The van der Waals surface area contributed by atoms with Crippen molar-refractivity contribution >= 4 is 22.5 Å². The Morgan fingerprint density at radius 1 is 1.23 bits per heavy atom. The van der Waals surface area contributed by atoms with Gasteiger partial charge in [0.15, 0.2) is 0 Å². The summed E-state index contributed by atoms with van der Waals surface area (Å²) in [6.07, 6.45) is 4.99. The first-order valence-electron chi connectivity index (χ1n) is 6.87. The van der Waals surface area contributed by atoms with Crippen molar-refractivity contribution < 1.29 is 9.00 Å². The van der Waals surface area contributed by atoms with E-state index in [9.17, 15) is 9.00 Å². The molecular formula is C16H19N3O2S. The summed E-state index contributed by atoms with van der Waals surface area (Å²) in [6.45, 7) is 1.94. The van der Waals surface area contributed by atoms with Crippen molar-refractivity contribution in [3.05, 3.63) is 54.4 Å². The van der Waals surface area contributed by atoms with Gasteiger partial charge in [-0.15, -0.1) is 0 Å². The van der Waals surface area contributed by atoms with Gasteiger partial charge in [0.05, 0.1) is 27.4 Å². The van der Waals surface area contributed by atoms with E-state index < -0.39 is 10.8 Å². The first-order chi connectivity index (χ1) is 10.5. The normalized spacial score (nSPS) is 13.2. The molecule has 6 heteroatoms. The Balaban J connectivity index is 2.14. The zero-order valence-electron chi connectivity index (χ0n) is 12.8. The van der Waals surface area contributed by atoms with Crippen LogP contribution in [-0.2, 0) is 10.8 Å². The second-order valence-electron chi connectivity index (χ2n) is 4.95. The Hall–Kier alpha value is -2.21. The number of aromatic nitrogens is 1. The molecule has 2 amide bonds. The molecule has 1 aromatic carbocycles. The van der Waals surface area contributed by atoms with Crippen LogP contribution in [0.1, 0.15) is 18.5 Å². The highest BCUT2D eigenvalue weighted by Gasteiger charge is 2.18. The summed E-state index contributed by atoms with van der Waals surface area (Å²) >= 11 is 0. The first-order valence-corrected chi connectivity index (χ1v) is 8.42. The van der Waals surface area contributed by atoms with Crippen LogP contribution in [0, 0.1) is 0 Å². The summed E-state index contributed by atoms with van der Waals surface area (Å²) in [6, 6.07) is 10.5. The van der Waals surface area contributed by atoms with E-state index in [2.05, 4.69) is 10.3 Å². The zero-order chi connectivity index (χ0) is 16.1. The highest BCUT2D eigenvalue weighted by molar-refractivity contribution is 7.84. The summed E-state index contributed by atoms with van der Waals surface area (Å²) in [5.41, 5.74) is 1.57. The van der Waals surface area contributed by atoms with E-state index in [1.54, 1.807) is 54.9 Å². The molecule has 0 unspecified atom stereocenters. The summed E-state index contributed by atoms with van der Waals surface area (Å²) in [5.74, 6) is 0. The average Bonchev–Trinajstić information content (AvgIpc) is 2.54. The molecule has 22 heavy (non-hydrogen) atoms. The number of hydrogen-bond acceptors (Lipinski definition) is 3. The maximum Gasteiger partial charge on any atom is 0.322 e. The predicted octanol–water partition coefficient (Wildman–Crippen LogP) is 3.04. The van der Waals surface area contributed by atoms with Gasteiger partial charge in [-0.3, -0.25) is 9.19 Å². The van der Waals surface area contributed by atoms with Crippen molar-refractivity contribution in [2.24, 2.45) is 0 Å². The third kappa shape index (κ3) is 3.71. The molecule has 0 bridgehead atoms. The van der Waals surface area contributed by atoms with Crippen LogP contribution in [0.5, 0.6) is 0 Å². The summed E-state index contributed by atoms with van der Waals surface area (Å²) in [7, 11) is 0.570. The van der Waals surface area contributed by atoms with Crippen LogP contribution in [0.4, 0.5) is 10.5 Å². The molecule has 0 aliphatic heterocycles. The number of para-hydroxylation sites is 1. The Bertz CT molecular complexity index is 676.